The summed E-state index contributed by atoms with van der Waals surface area (Å²) < 4.78 is 16.1. The van der Waals surface area contributed by atoms with Crippen molar-refractivity contribution in [3.05, 3.63) is 47.7 Å². The molecule has 156 valence electrons. The minimum atomic E-state index is 0.228. The molecule has 0 amide bonds. The fourth-order valence-electron chi connectivity index (χ4n) is 3.14. The van der Waals surface area contributed by atoms with Gasteiger partial charge in [0, 0.05) is 25.8 Å². The van der Waals surface area contributed by atoms with Gasteiger partial charge in [-0.3, -0.25) is 0 Å². The third kappa shape index (κ3) is 5.74. The number of nitrogens with zero attached hydrogens (tertiary/aromatic N) is 3. The van der Waals surface area contributed by atoms with Crippen molar-refractivity contribution in [3.8, 4) is 11.5 Å². The van der Waals surface area contributed by atoms with Crippen molar-refractivity contribution in [3.63, 3.8) is 0 Å². The number of rotatable bonds is 7. The summed E-state index contributed by atoms with van der Waals surface area (Å²) in [5, 5.41) is 3.11. The third-order valence-corrected chi connectivity index (χ3v) is 4.73. The summed E-state index contributed by atoms with van der Waals surface area (Å²) in [6.07, 6.45) is 2.08. The lowest BCUT2D eigenvalue weighted by molar-refractivity contribution is 0.0529. The van der Waals surface area contributed by atoms with E-state index < -0.39 is 0 Å². The molecule has 1 aromatic heterocycles. The molecule has 0 bridgehead atoms. The van der Waals surface area contributed by atoms with E-state index >= 15 is 0 Å². The van der Waals surface area contributed by atoms with Crippen LogP contribution in [0.2, 0.25) is 0 Å². The molecule has 0 saturated carbocycles. The van der Waals surface area contributed by atoms with E-state index in [4.69, 9.17) is 19.9 Å². The van der Waals surface area contributed by atoms with Crippen LogP contribution < -0.4 is 25.4 Å². The number of guanidine groups is 1. The van der Waals surface area contributed by atoms with Crippen LogP contribution in [-0.4, -0.2) is 51.0 Å². The molecule has 8 nitrogen and oxygen atoms in total. The van der Waals surface area contributed by atoms with Crippen LogP contribution in [0.4, 0.5) is 5.82 Å². The van der Waals surface area contributed by atoms with E-state index in [2.05, 4.69) is 27.1 Å². The van der Waals surface area contributed by atoms with E-state index in [1.54, 1.807) is 14.2 Å². The number of nitrogens with one attached hydrogen (secondary N) is 1. The van der Waals surface area contributed by atoms with Gasteiger partial charge < -0.3 is 30.2 Å². The molecule has 1 saturated heterocycles. The predicted octanol–water partition coefficient (Wildman–Crippen LogP) is 1.93. The molecule has 1 fully saturated rings. The maximum Gasteiger partial charge on any atom is 0.189 e. The Hall–Kier alpha value is -3.00. The number of methoxy groups -OCH3 is 2. The standard InChI is InChI=1S/C21H29N5O3/c1-15-14-26(8-9-29-15)20-7-5-17(12-23-20)13-25-21(22)24-11-16-4-6-18(27-2)19(10-16)28-3/h4-7,10,12,15H,8-9,11,13-14H2,1-3H3,(H3,22,24,25). The van der Waals surface area contributed by atoms with Crippen LogP contribution in [0, 0.1) is 0 Å². The number of anilines is 1. The quantitative estimate of drug-likeness (QED) is 0.543. The normalized spacial score (nSPS) is 17.1. The molecule has 1 atom stereocenters. The second-order valence-corrected chi connectivity index (χ2v) is 6.90. The van der Waals surface area contributed by atoms with Crippen molar-refractivity contribution in [1.29, 1.82) is 0 Å². The Labute approximate surface area is 171 Å². The van der Waals surface area contributed by atoms with E-state index in [0.717, 1.165) is 36.6 Å². The Balaban J connectivity index is 1.52. The van der Waals surface area contributed by atoms with Gasteiger partial charge in [-0.15, -0.1) is 0 Å². The lowest BCUT2D eigenvalue weighted by Crippen LogP contribution is -2.41. The van der Waals surface area contributed by atoms with Gasteiger partial charge in [0.15, 0.2) is 17.5 Å². The highest BCUT2D eigenvalue weighted by Gasteiger charge is 2.17. The highest BCUT2D eigenvalue weighted by Crippen LogP contribution is 2.27. The second-order valence-electron chi connectivity index (χ2n) is 6.90. The van der Waals surface area contributed by atoms with Gasteiger partial charge in [-0.2, -0.15) is 0 Å². The Kier molecular flexibility index (Phi) is 7.13. The van der Waals surface area contributed by atoms with Crippen LogP contribution in [0.25, 0.3) is 0 Å². The number of ether oxygens (including phenoxy) is 3. The van der Waals surface area contributed by atoms with Crippen molar-refractivity contribution in [2.75, 3.05) is 38.8 Å². The van der Waals surface area contributed by atoms with Crippen LogP contribution in [0.3, 0.4) is 0 Å². The molecule has 0 aliphatic carbocycles. The molecule has 3 N–H and O–H groups in total. The van der Waals surface area contributed by atoms with Gasteiger partial charge in [-0.25, -0.2) is 9.98 Å². The summed E-state index contributed by atoms with van der Waals surface area (Å²) in [5.74, 6) is 2.72. The SMILES string of the molecule is COc1ccc(CNC(N)=NCc2ccc(N3CCOC(C)C3)nc2)cc1OC. The van der Waals surface area contributed by atoms with Crippen molar-refractivity contribution in [1.82, 2.24) is 10.3 Å². The zero-order chi connectivity index (χ0) is 20.6. The Morgan fingerprint density at radius 2 is 2.03 bits per heavy atom. The molecule has 2 heterocycles. The van der Waals surface area contributed by atoms with Crippen LogP contribution >= 0.6 is 0 Å². The van der Waals surface area contributed by atoms with E-state index in [0.29, 0.717) is 30.5 Å². The number of morpholine rings is 1. The third-order valence-electron chi connectivity index (χ3n) is 4.73. The lowest BCUT2D eigenvalue weighted by atomic mass is 10.2. The van der Waals surface area contributed by atoms with Gasteiger partial charge in [0.05, 0.1) is 33.5 Å². The molecule has 2 aromatic rings. The number of benzene rings is 1. The summed E-state index contributed by atoms with van der Waals surface area (Å²) in [7, 11) is 3.23. The van der Waals surface area contributed by atoms with Gasteiger partial charge in [-0.1, -0.05) is 12.1 Å². The first-order chi connectivity index (χ1) is 14.1. The summed E-state index contributed by atoms with van der Waals surface area (Å²) in [6, 6.07) is 9.79. The van der Waals surface area contributed by atoms with Gasteiger partial charge >= 0.3 is 0 Å². The largest absolute Gasteiger partial charge is 0.493 e. The van der Waals surface area contributed by atoms with Crippen LogP contribution in [0.5, 0.6) is 11.5 Å². The zero-order valence-electron chi connectivity index (χ0n) is 17.2. The van der Waals surface area contributed by atoms with Gasteiger partial charge in [0.1, 0.15) is 5.82 Å². The number of aliphatic imine (C=N–C) groups is 1. The van der Waals surface area contributed by atoms with E-state index in [-0.39, 0.29) is 6.10 Å². The van der Waals surface area contributed by atoms with Crippen molar-refractivity contribution in [2.24, 2.45) is 10.7 Å². The van der Waals surface area contributed by atoms with Gasteiger partial charge in [0.2, 0.25) is 0 Å². The monoisotopic (exact) mass is 399 g/mol. The average molecular weight is 399 g/mol. The number of hydrogen-bond acceptors (Lipinski definition) is 6. The number of nitrogens with two attached hydrogens (primary N) is 1. The number of aromatic nitrogens is 1. The predicted molar refractivity (Wildman–Crippen MR) is 114 cm³/mol. The van der Waals surface area contributed by atoms with Crippen molar-refractivity contribution < 1.29 is 14.2 Å². The van der Waals surface area contributed by atoms with Crippen molar-refractivity contribution in [2.45, 2.75) is 26.1 Å². The molecule has 1 aromatic carbocycles. The molecule has 29 heavy (non-hydrogen) atoms. The summed E-state index contributed by atoms with van der Waals surface area (Å²) >= 11 is 0. The first-order valence-electron chi connectivity index (χ1n) is 9.65. The van der Waals surface area contributed by atoms with Crippen LogP contribution in [-0.2, 0) is 17.8 Å². The maximum atomic E-state index is 6.00. The molecule has 0 radical (unpaired) electrons. The molecular weight excluding hydrogens is 370 g/mol. The fourth-order valence-corrected chi connectivity index (χ4v) is 3.14. The lowest BCUT2D eigenvalue weighted by Gasteiger charge is -2.32. The molecule has 1 aliphatic rings. The fraction of sp³-hybridized carbons (Fsp3) is 0.429. The Bertz CT molecular complexity index is 826. The van der Waals surface area contributed by atoms with Gasteiger partial charge in [-0.05, 0) is 36.2 Å². The number of hydrogen-bond donors (Lipinski definition) is 2. The zero-order valence-corrected chi connectivity index (χ0v) is 17.2. The number of pyridine rings is 1. The average Bonchev–Trinajstić information content (AvgIpc) is 2.76. The highest BCUT2D eigenvalue weighted by molar-refractivity contribution is 5.77. The summed E-state index contributed by atoms with van der Waals surface area (Å²) in [5.41, 5.74) is 8.02. The summed E-state index contributed by atoms with van der Waals surface area (Å²) in [6.45, 7) is 5.54. The Morgan fingerprint density at radius 3 is 2.72 bits per heavy atom. The maximum absolute atomic E-state index is 6.00. The second kappa shape index (κ2) is 9.97. The minimum absolute atomic E-state index is 0.228. The summed E-state index contributed by atoms with van der Waals surface area (Å²) in [4.78, 5) is 11.2. The smallest absolute Gasteiger partial charge is 0.189 e. The molecule has 1 aliphatic heterocycles. The first kappa shape index (κ1) is 20.7. The van der Waals surface area contributed by atoms with E-state index in [1.165, 1.54) is 0 Å². The molecule has 1 unspecified atom stereocenters. The first-order valence-corrected chi connectivity index (χ1v) is 9.65. The molecule has 3 rings (SSSR count). The van der Waals surface area contributed by atoms with Crippen LogP contribution in [0.1, 0.15) is 18.1 Å². The Morgan fingerprint density at radius 1 is 1.24 bits per heavy atom. The minimum Gasteiger partial charge on any atom is -0.493 e. The molecule has 0 spiro atoms. The highest BCUT2D eigenvalue weighted by atomic mass is 16.5. The van der Waals surface area contributed by atoms with E-state index in [1.807, 2.05) is 36.5 Å². The van der Waals surface area contributed by atoms with E-state index in [9.17, 15) is 0 Å². The van der Waals surface area contributed by atoms with Crippen LogP contribution in [0.15, 0.2) is 41.5 Å². The topological polar surface area (TPSA) is 94.2 Å². The van der Waals surface area contributed by atoms with Gasteiger partial charge in [0.25, 0.3) is 0 Å². The molecular formula is C21H29N5O3. The van der Waals surface area contributed by atoms with Crippen molar-refractivity contribution >= 4 is 11.8 Å². The molecule has 8 heteroatoms.